The molecule has 0 radical (unpaired) electrons. The van der Waals surface area contributed by atoms with Crippen molar-refractivity contribution in [1.82, 2.24) is 5.32 Å². The smallest absolute Gasteiger partial charge is 0.221 e. The van der Waals surface area contributed by atoms with Crippen LogP contribution < -0.4 is 11.1 Å². The van der Waals surface area contributed by atoms with Gasteiger partial charge in [-0.25, -0.2) is 0 Å². The predicted molar refractivity (Wildman–Crippen MR) is 59.4 cm³/mol. The summed E-state index contributed by atoms with van der Waals surface area (Å²) in [5, 5.41) is 2.75. The number of hydrogen-bond donors (Lipinski definition) is 2. The first-order chi connectivity index (χ1) is 6.56. The maximum Gasteiger partial charge on any atom is 0.221 e. The minimum Gasteiger partial charge on any atom is -0.356 e. The normalized spacial score (nSPS) is 14.8. The topological polar surface area (TPSA) is 72.2 Å². The molecule has 0 aliphatic heterocycles. The number of nitrogens with two attached hydrogens (primary N) is 1. The van der Waals surface area contributed by atoms with Gasteiger partial charge in [-0.05, 0) is 12.8 Å². The molecule has 0 aliphatic rings. The van der Waals surface area contributed by atoms with Gasteiger partial charge in [0.2, 0.25) is 5.91 Å². The molecule has 0 aromatic rings. The first kappa shape index (κ1) is 13.6. The van der Waals surface area contributed by atoms with Crippen LogP contribution in [0.2, 0.25) is 0 Å². The second kappa shape index (κ2) is 7.94. The molecule has 3 N–H and O–H groups in total. The van der Waals surface area contributed by atoms with Gasteiger partial charge in [0.25, 0.3) is 0 Å². The minimum atomic E-state index is -0.769. The second-order valence-corrected chi connectivity index (χ2v) is 4.91. The molecule has 84 valence electrons. The third-order valence-electron chi connectivity index (χ3n) is 1.90. The van der Waals surface area contributed by atoms with E-state index in [4.69, 9.17) is 5.73 Å². The van der Waals surface area contributed by atoms with Crippen molar-refractivity contribution in [1.29, 1.82) is 0 Å². The van der Waals surface area contributed by atoms with E-state index in [2.05, 4.69) is 5.32 Å². The van der Waals surface area contributed by atoms with Gasteiger partial charge in [0.1, 0.15) is 0 Å². The summed E-state index contributed by atoms with van der Waals surface area (Å²) in [6, 6.07) is -0.0460. The molecule has 0 saturated heterocycles. The van der Waals surface area contributed by atoms with E-state index in [1.54, 1.807) is 6.26 Å². The van der Waals surface area contributed by atoms with E-state index < -0.39 is 10.8 Å². The predicted octanol–water partition coefficient (Wildman–Crippen LogP) is -0.00140. The van der Waals surface area contributed by atoms with Crippen LogP contribution in [0.4, 0.5) is 0 Å². The first-order valence-electron chi connectivity index (χ1n) is 4.88. The summed E-state index contributed by atoms with van der Waals surface area (Å²) in [6.07, 6.45) is 3.61. The van der Waals surface area contributed by atoms with E-state index in [-0.39, 0.29) is 11.9 Å². The van der Waals surface area contributed by atoms with Crippen molar-refractivity contribution in [3.63, 3.8) is 0 Å². The molecular formula is C9H20N2O2S. The molecule has 0 saturated carbocycles. The molecule has 2 unspecified atom stereocenters. The van der Waals surface area contributed by atoms with E-state index in [0.717, 1.165) is 12.8 Å². The SMILES string of the molecule is CCC(N)CC(=O)NCCCS(C)=O. The van der Waals surface area contributed by atoms with Crippen LogP contribution in [0.25, 0.3) is 0 Å². The standard InChI is InChI=1S/C9H20N2O2S/c1-3-8(10)7-9(12)11-5-4-6-14(2)13/h8H,3-7,10H2,1-2H3,(H,11,12). The highest BCUT2D eigenvalue weighted by atomic mass is 32.2. The van der Waals surface area contributed by atoms with E-state index in [1.165, 1.54) is 0 Å². The van der Waals surface area contributed by atoms with Crippen molar-refractivity contribution < 1.29 is 9.00 Å². The summed E-state index contributed by atoms with van der Waals surface area (Å²) in [6.45, 7) is 2.55. The van der Waals surface area contributed by atoms with Gasteiger partial charge in [-0.3, -0.25) is 9.00 Å². The molecule has 0 aromatic carbocycles. The summed E-state index contributed by atoms with van der Waals surface area (Å²) in [5.74, 6) is 0.626. The van der Waals surface area contributed by atoms with Crippen molar-refractivity contribution >= 4 is 16.7 Å². The summed E-state index contributed by atoms with van der Waals surface area (Å²) in [7, 11) is -0.769. The van der Waals surface area contributed by atoms with Gasteiger partial charge < -0.3 is 11.1 Å². The van der Waals surface area contributed by atoms with Crippen LogP contribution in [0.1, 0.15) is 26.2 Å². The maximum atomic E-state index is 11.2. The Bertz CT molecular complexity index is 197. The molecule has 14 heavy (non-hydrogen) atoms. The molecular weight excluding hydrogens is 200 g/mol. The molecule has 5 heteroatoms. The molecule has 0 heterocycles. The van der Waals surface area contributed by atoms with Crippen molar-refractivity contribution in [3.05, 3.63) is 0 Å². The first-order valence-corrected chi connectivity index (χ1v) is 6.61. The average molecular weight is 220 g/mol. The molecule has 0 aliphatic carbocycles. The summed E-state index contributed by atoms with van der Waals surface area (Å²) >= 11 is 0. The van der Waals surface area contributed by atoms with Gasteiger partial charge in [-0.1, -0.05) is 6.92 Å². The Kier molecular flexibility index (Phi) is 7.70. The monoisotopic (exact) mass is 220 g/mol. The van der Waals surface area contributed by atoms with Crippen molar-refractivity contribution in [2.75, 3.05) is 18.6 Å². The highest BCUT2D eigenvalue weighted by molar-refractivity contribution is 7.84. The number of amides is 1. The number of rotatable bonds is 7. The fourth-order valence-electron chi connectivity index (χ4n) is 0.958. The Morgan fingerprint density at radius 1 is 1.57 bits per heavy atom. The lowest BCUT2D eigenvalue weighted by Crippen LogP contribution is -2.32. The molecule has 0 bridgehead atoms. The third-order valence-corrected chi connectivity index (χ3v) is 2.77. The second-order valence-electron chi connectivity index (χ2n) is 3.35. The zero-order chi connectivity index (χ0) is 11.0. The quantitative estimate of drug-likeness (QED) is 0.593. The number of hydrogen-bond acceptors (Lipinski definition) is 3. The maximum absolute atomic E-state index is 11.2. The van der Waals surface area contributed by atoms with Gasteiger partial charge in [0.15, 0.2) is 0 Å². The Hall–Kier alpha value is -0.420. The summed E-state index contributed by atoms with van der Waals surface area (Å²) in [4.78, 5) is 11.2. The molecule has 0 aromatic heterocycles. The average Bonchev–Trinajstić information content (AvgIpc) is 2.12. The van der Waals surface area contributed by atoms with E-state index in [1.807, 2.05) is 6.92 Å². The van der Waals surface area contributed by atoms with Crippen molar-refractivity contribution in [2.24, 2.45) is 5.73 Å². The molecule has 0 spiro atoms. The largest absolute Gasteiger partial charge is 0.356 e. The Morgan fingerprint density at radius 3 is 2.71 bits per heavy atom. The summed E-state index contributed by atoms with van der Waals surface area (Å²) < 4.78 is 10.7. The highest BCUT2D eigenvalue weighted by Gasteiger charge is 2.06. The number of nitrogens with one attached hydrogen (secondary N) is 1. The number of carbonyl (C=O) groups excluding carboxylic acids is 1. The third kappa shape index (κ3) is 8.19. The van der Waals surface area contributed by atoms with Gasteiger partial charge in [0, 0.05) is 41.8 Å². The van der Waals surface area contributed by atoms with Gasteiger partial charge in [-0.15, -0.1) is 0 Å². The molecule has 0 rings (SSSR count). The van der Waals surface area contributed by atoms with Crippen molar-refractivity contribution in [2.45, 2.75) is 32.2 Å². The Morgan fingerprint density at radius 2 is 2.21 bits per heavy atom. The van der Waals surface area contributed by atoms with Crippen molar-refractivity contribution in [3.8, 4) is 0 Å². The Labute approximate surface area is 88.1 Å². The fraction of sp³-hybridized carbons (Fsp3) is 0.889. The van der Waals surface area contributed by atoms with Crippen LogP contribution in [-0.4, -0.2) is 34.7 Å². The zero-order valence-electron chi connectivity index (χ0n) is 8.91. The van der Waals surface area contributed by atoms with Gasteiger partial charge >= 0.3 is 0 Å². The van der Waals surface area contributed by atoms with Crippen LogP contribution in [0.5, 0.6) is 0 Å². The van der Waals surface area contributed by atoms with Crippen LogP contribution in [0.15, 0.2) is 0 Å². The van der Waals surface area contributed by atoms with E-state index in [9.17, 15) is 9.00 Å². The number of carbonyl (C=O) groups is 1. The summed E-state index contributed by atoms with van der Waals surface area (Å²) in [5.41, 5.74) is 5.62. The van der Waals surface area contributed by atoms with Crippen LogP contribution in [-0.2, 0) is 15.6 Å². The molecule has 4 nitrogen and oxygen atoms in total. The molecule has 2 atom stereocenters. The minimum absolute atomic E-state index is 0.0127. The van der Waals surface area contributed by atoms with Gasteiger partial charge in [-0.2, -0.15) is 0 Å². The van der Waals surface area contributed by atoms with Crippen LogP contribution >= 0.6 is 0 Å². The molecule has 0 fully saturated rings. The van der Waals surface area contributed by atoms with E-state index in [0.29, 0.717) is 18.7 Å². The lowest BCUT2D eigenvalue weighted by Gasteiger charge is -2.08. The van der Waals surface area contributed by atoms with E-state index >= 15 is 0 Å². The van der Waals surface area contributed by atoms with Crippen LogP contribution in [0, 0.1) is 0 Å². The Balaban J connectivity index is 3.40. The lowest BCUT2D eigenvalue weighted by atomic mass is 10.1. The zero-order valence-corrected chi connectivity index (χ0v) is 9.73. The highest BCUT2D eigenvalue weighted by Crippen LogP contribution is 1.92. The fourth-order valence-corrected chi connectivity index (χ4v) is 1.51. The lowest BCUT2D eigenvalue weighted by molar-refractivity contribution is -0.121. The van der Waals surface area contributed by atoms with Crippen LogP contribution in [0.3, 0.4) is 0 Å². The molecule has 1 amide bonds. The van der Waals surface area contributed by atoms with Gasteiger partial charge in [0.05, 0.1) is 0 Å².